The van der Waals surface area contributed by atoms with Crippen molar-refractivity contribution in [1.82, 2.24) is 5.32 Å². The molecule has 0 aliphatic carbocycles. The number of nitro groups is 1. The molecule has 1 amide bonds. The molecule has 2 N–H and O–H groups in total. The van der Waals surface area contributed by atoms with E-state index < -0.39 is 4.92 Å². The minimum atomic E-state index is -0.463. The van der Waals surface area contributed by atoms with Gasteiger partial charge in [0, 0.05) is 17.3 Å². The molecule has 0 aromatic heterocycles. The highest BCUT2D eigenvalue weighted by Gasteiger charge is 2.11. The van der Waals surface area contributed by atoms with Crippen molar-refractivity contribution < 1.29 is 9.72 Å². The predicted molar refractivity (Wildman–Crippen MR) is 65.0 cm³/mol. The molecular weight excluding hydrogens is 222 g/mol. The Morgan fingerprint density at radius 3 is 2.76 bits per heavy atom. The Hall–Kier alpha value is -1.95. The van der Waals surface area contributed by atoms with Crippen molar-refractivity contribution in [3.05, 3.63) is 33.9 Å². The van der Waals surface area contributed by atoms with Crippen LogP contribution in [0.1, 0.15) is 12.5 Å². The Kier molecular flexibility index (Phi) is 4.59. The maximum atomic E-state index is 11.4. The zero-order valence-electron chi connectivity index (χ0n) is 9.82. The average molecular weight is 237 g/mol. The number of anilines is 1. The van der Waals surface area contributed by atoms with Gasteiger partial charge in [-0.2, -0.15) is 0 Å². The quantitative estimate of drug-likeness (QED) is 0.599. The summed E-state index contributed by atoms with van der Waals surface area (Å²) < 4.78 is 0. The lowest BCUT2D eigenvalue weighted by Gasteiger charge is -2.06. The normalized spacial score (nSPS) is 10.0. The lowest BCUT2D eigenvalue weighted by Crippen LogP contribution is -2.27. The standard InChI is InChI=1S/C11H15N3O3/c1-3-12-7-11(15)13-9-5-4-8(2)10(6-9)14(16)17/h4-6,12H,3,7H2,1-2H3,(H,13,15). The molecule has 0 saturated carbocycles. The average Bonchev–Trinajstić information content (AvgIpc) is 2.28. The van der Waals surface area contributed by atoms with Crippen LogP contribution in [0.15, 0.2) is 18.2 Å². The van der Waals surface area contributed by atoms with E-state index in [4.69, 9.17) is 0 Å². The van der Waals surface area contributed by atoms with Gasteiger partial charge in [0.1, 0.15) is 0 Å². The molecule has 6 nitrogen and oxygen atoms in total. The van der Waals surface area contributed by atoms with Crippen molar-refractivity contribution in [2.75, 3.05) is 18.4 Å². The first kappa shape index (κ1) is 13.1. The Morgan fingerprint density at radius 1 is 1.47 bits per heavy atom. The van der Waals surface area contributed by atoms with Crippen LogP contribution in [0.5, 0.6) is 0 Å². The Bertz CT molecular complexity index is 432. The molecule has 0 aliphatic heterocycles. The minimum Gasteiger partial charge on any atom is -0.325 e. The number of nitro benzene ring substituents is 1. The number of amides is 1. The third-order valence-corrected chi connectivity index (χ3v) is 2.23. The number of aryl methyl sites for hydroxylation is 1. The molecule has 6 heteroatoms. The molecule has 0 aliphatic rings. The maximum Gasteiger partial charge on any atom is 0.274 e. The van der Waals surface area contributed by atoms with Crippen molar-refractivity contribution in [2.45, 2.75) is 13.8 Å². The summed E-state index contributed by atoms with van der Waals surface area (Å²) in [5.74, 6) is -0.218. The highest BCUT2D eigenvalue weighted by atomic mass is 16.6. The molecule has 0 radical (unpaired) electrons. The fraction of sp³-hybridized carbons (Fsp3) is 0.364. The fourth-order valence-electron chi connectivity index (χ4n) is 1.33. The third kappa shape index (κ3) is 3.84. The summed E-state index contributed by atoms with van der Waals surface area (Å²) in [6.07, 6.45) is 0. The van der Waals surface area contributed by atoms with Gasteiger partial charge in [-0.1, -0.05) is 13.0 Å². The lowest BCUT2D eigenvalue weighted by molar-refractivity contribution is -0.385. The van der Waals surface area contributed by atoms with E-state index in [1.165, 1.54) is 6.07 Å². The molecule has 0 bridgehead atoms. The first-order valence-electron chi connectivity index (χ1n) is 5.30. The van der Waals surface area contributed by atoms with Crippen LogP contribution in [0.25, 0.3) is 0 Å². The Labute approximate surface area is 99.2 Å². The first-order valence-corrected chi connectivity index (χ1v) is 5.30. The number of carbonyl (C=O) groups excluding carboxylic acids is 1. The van der Waals surface area contributed by atoms with Gasteiger partial charge in [0.25, 0.3) is 5.69 Å². The van der Waals surface area contributed by atoms with Gasteiger partial charge in [0.05, 0.1) is 11.5 Å². The van der Waals surface area contributed by atoms with Crippen LogP contribution < -0.4 is 10.6 Å². The minimum absolute atomic E-state index is 0.00579. The zero-order valence-corrected chi connectivity index (χ0v) is 9.82. The van der Waals surface area contributed by atoms with E-state index in [0.29, 0.717) is 17.8 Å². The molecule has 0 saturated heterocycles. The van der Waals surface area contributed by atoms with Gasteiger partial charge in [0.2, 0.25) is 5.91 Å². The summed E-state index contributed by atoms with van der Waals surface area (Å²) >= 11 is 0. The van der Waals surface area contributed by atoms with E-state index in [9.17, 15) is 14.9 Å². The van der Waals surface area contributed by atoms with Crippen molar-refractivity contribution in [1.29, 1.82) is 0 Å². The van der Waals surface area contributed by atoms with Crippen LogP contribution in [0.2, 0.25) is 0 Å². The SMILES string of the molecule is CCNCC(=O)Nc1ccc(C)c([N+](=O)[O-])c1. The summed E-state index contributed by atoms with van der Waals surface area (Å²) in [5.41, 5.74) is 1.01. The van der Waals surface area contributed by atoms with Gasteiger partial charge in [-0.05, 0) is 19.5 Å². The molecule has 1 rings (SSSR count). The number of carbonyl (C=O) groups is 1. The van der Waals surface area contributed by atoms with Crippen LogP contribution in [-0.4, -0.2) is 23.9 Å². The van der Waals surface area contributed by atoms with Gasteiger partial charge in [0.15, 0.2) is 0 Å². The van der Waals surface area contributed by atoms with E-state index >= 15 is 0 Å². The molecule has 92 valence electrons. The molecule has 0 heterocycles. The maximum absolute atomic E-state index is 11.4. The van der Waals surface area contributed by atoms with Crippen LogP contribution >= 0.6 is 0 Å². The van der Waals surface area contributed by atoms with Crippen molar-refractivity contribution in [3.8, 4) is 0 Å². The van der Waals surface area contributed by atoms with Gasteiger partial charge in [-0.3, -0.25) is 14.9 Å². The van der Waals surface area contributed by atoms with Gasteiger partial charge in [-0.15, -0.1) is 0 Å². The largest absolute Gasteiger partial charge is 0.325 e. The summed E-state index contributed by atoms with van der Waals surface area (Å²) in [7, 11) is 0. The Balaban J connectivity index is 2.75. The molecular formula is C11H15N3O3. The van der Waals surface area contributed by atoms with Crippen LogP contribution in [0, 0.1) is 17.0 Å². The van der Waals surface area contributed by atoms with Crippen molar-refractivity contribution in [3.63, 3.8) is 0 Å². The second kappa shape index (κ2) is 5.95. The number of benzene rings is 1. The number of nitrogens with one attached hydrogen (secondary N) is 2. The summed E-state index contributed by atoms with van der Waals surface area (Å²) in [6.45, 7) is 4.44. The molecule has 1 aromatic rings. The zero-order chi connectivity index (χ0) is 12.8. The second-order valence-corrected chi connectivity index (χ2v) is 3.59. The number of hydrogen-bond donors (Lipinski definition) is 2. The van der Waals surface area contributed by atoms with E-state index in [-0.39, 0.29) is 18.1 Å². The number of hydrogen-bond acceptors (Lipinski definition) is 4. The van der Waals surface area contributed by atoms with Crippen LogP contribution in [-0.2, 0) is 4.79 Å². The number of likely N-dealkylation sites (N-methyl/N-ethyl adjacent to an activating group) is 1. The highest BCUT2D eigenvalue weighted by Crippen LogP contribution is 2.21. The fourth-order valence-corrected chi connectivity index (χ4v) is 1.33. The summed E-state index contributed by atoms with van der Waals surface area (Å²) in [6, 6.07) is 4.62. The predicted octanol–water partition coefficient (Wildman–Crippen LogP) is 1.45. The van der Waals surface area contributed by atoms with Gasteiger partial charge < -0.3 is 10.6 Å². The van der Waals surface area contributed by atoms with Crippen molar-refractivity contribution in [2.24, 2.45) is 0 Å². The lowest BCUT2D eigenvalue weighted by atomic mass is 10.2. The topological polar surface area (TPSA) is 84.3 Å². The summed E-state index contributed by atoms with van der Waals surface area (Å²) in [5, 5.41) is 16.2. The molecule has 17 heavy (non-hydrogen) atoms. The van der Waals surface area contributed by atoms with Crippen molar-refractivity contribution >= 4 is 17.3 Å². The third-order valence-electron chi connectivity index (χ3n) is 2.23. The second-order valence-electron chi connectivity index (χ2n) is 3.59. The first-order chi connectivity index (χ1) is 8.04. The van der Waals surface area contributed by atoms with Crippen LogP contribution in [0.3, 0.4) is 0 Å². The van der Waals surface area contributed by atoms with Crippen LogP contribution in [0.4, 0.5) is 11.4 Å². The molecule has 0 atom stereocenters. The van der Waals surface area contributed by atoms with Gasteiger partial charge in [-0.25, -0.2) is 0 Å². The Morgan fingerprint density at radius 2 is 2.18 bits per heavy atom. The molecule has 1 aromatic carbocycles. The molecule has 0 fully saturated rings. The smallest absolute Gasteiger partial charge is 0.274 e. The number of rotatable bonds is 5. The number of nitrogens with zero attached hydrogens (tertiary/aromatic N) is 1. The molecule has 0 unspecified atom stereocenters. The highest BCUT2D eigenvalue weighted by molar-refractivity contribution is 5.92. The molecule has 0 spiro atoms. The van der Waals surface area contributed by atoms with E-state index in [1.807, 2.05) is 6.92 Å². The summed E-state index contributed by atoms with van der Waals surface area (Å²) in [4.78, 5) is 21.6. The van der Waals surface area contributed by atoms with E-state index in [2.05, 4.69) is 10.6 Å². The van der Waals surface area contributed by atoms with E-state index in [0.717, 1.165) is 0 Å². The monoisotopic (exact) mass is 237 g/mol. The van der Waals surface area contributed by atoms with E-state index in [1.54, 1.807) is 19.1 Å². The van der Waals surface area contributed by atoms with Gasteiger partial charge >= 0.3 is 0 Å².